The minimum atomic E-state index is -0.286. The number of hydrogen-bond acceptors (Lipinski definition) is 1. The highest BCUT2D eigenvalue weighted by molar-refractivity contribution is 5.96. The van der Waals surface area contributed by atoms with Crippen molar-refractivity contribution in [2.45, 2.75) is 59.3 Å². The molecule has 0 bridgehead atoms. The number of carbonyl (C=O) groups excluding carboxylic acids is 1. The van der Waals surface area contributed by atoms with Gasteiger partial charge in [-0.3, -0.25) is 4.79 Å². The fourth-order valence-electron chi connectivity index (χ4n) is 2.24. The number of hydrogen-bond donors (Lipinski definition) is 2. The Balaban J connectivity index is 3.01. The lowest BCUT2D eigenvalue weighted by atomic mass is 10.0. The molecule has 17 heavy (non-hydrogen) atoms. The predicted molar refractivity (Wildman–Crippen MR) is 71.3 cm³/mol. The quantitative estimate of drug-likeness (QED) is 0.751. The number of aromatic amines is 1. The van der Waals surface area contributed by atoms with Gasteiger partial charge in [0.1, 0.15) is 0 Å². The molecule has 3 heteroatoms. The monoisotopic (exact) mass is 236 g/mol. The van der Waals surface area contributed by atoms with Crippen LogP contribution < -0.4 is 5.73 Å². The van der Waals surface area contributed by atoms with E-state index in [2.05, 4.69) is 18.8 Å². The van der Waals surface area contributed by atoms with Gasteiger partial charge in [-0.25, -0.2) is 0 Å². The molecule has 0 saturated heterocycles. The first-order valence-electron chi connectivity index (χ1n) is 6.61. The zero-order valence-corrected chi connectivity index (χ0v) is 11.2. The van der Waals surface area contributed by atoms with Gasteiger partial charge in [-0.1, -0.05) is 26.7 Å². The van der Waals surface area contributed by atoms with Gasteiger partial charge in [-0.2, -0.15) is 0 Å². The number of aromatic nitrogens is 1. The van der Waals surface area contributed by atoms with Crippen molar-refractivity contribution in [2.24, 2.45) is 5.73 Å². The smallest absolute Gasteiger partial charge is 0.250 e. The van der Waals surface area contributed by atoms with Crippen molar-refractivity contribution in [1.82, 2.24) is 4.98 Å². The summed E-state index contributed by atoms with van der Waals surface area (Å²) in [5, 5.41) is 0. The van der Waals surface area contributed by atoms with Crippen LogP contribution in [0.3, 0.4) is 0 Å². The van der Waals surface area contributed by atoms with Crippen LogP contribution in [-0.4, -0.2) is 10.9 Å². The molecular formula is C14H24N2O. The van der Waals surface area contributed by atoms with Crippen molar-refractivity contribution in [3.63, 3.8) is 0 Å². The number of nitrogens with one attached hydrogen (secondary N) is 1. The minimum Gasteiger partial charge on any atom is -0.366 e. The van der Waals surface area contributed by atoms with Crippen LogP contribution in [0.15, 0.2) is 0 Å². The normalized spacial score (nSPS) is 10.8. The molecular weight excluding hydrogens is 212 g/mol. The molecule has 0 atom stereocenters. The SMILES string of the molecule is CCCCc1[nH]c(C)c(CCCC)c1C(N)=O. The van der Waals surface area contributed by atoms with E-state index in [1.54, 1.807) is 0 Å². The van der Waals surface area contributed by atoms with Crippen LogP contribution in [0.2, 0.25) is 0 Å². The van der Waals surface area contributed by atoms with E-state index >= 15 is 0 Å². The summed E-state index contributed by atoms with van der Waals surface area (Å²) >= 11 is 0. The molecule has 0 aliphatic carbocycles. The van der Waals surface area contributed by atoms with E-state index in [1.165, 1.54) is 0 Å². The predicted octanol–water partition coefficient (Wildman–Crippen LogP) is 3.11. The lowest BCUT2D eigenvalue weighted by Gasteiger charge is -2.03. The van der Waals surface area contributed by atoms with E-state index in [1.807, 2.05) is 6.92 Å². The molecule has 0 aliphatic rings. The Morgan fingerprint density at radius 1 is 1.18 bits per heavy atom. The second-order valence-corrected chi connectivity index (χ2v) is 4.65. The number of H-pyrrole nitrogens is 1. The maximum Gasteiger partial charge on any atom is 0.250 e. The Labute approximate surface area is 104 Å². The maximum atomic E-state index is 11.6. The second-order valence-electron chi connectivity index (χ2n) is 4.65. The number of primary amides is 1. The van der Waals surface area contributed by atoms with Gasteiger partial charge in [-0.05, 0) is 38.2 Å². The van der Waals surface area contributed by atoms with Gasteiger partial charge < -0.3 is 10.7 Å². The molecule has 0 saturated carbocycles. The van der Waals surface area contributed by atoms with Crippen molar-refractivity contribution in [2.75, 3.05) is 0 Å². The number of aryl methyl sites for hydroxylation is 2. The molecule has 0 radical (unpaired) electrons. The second kappa shape index (κ2) is 6.48. The largest absolute Gasteiger partial charge is 0.366 e. The summed E-state index contributed by atoms with van der Waals surface area (Å²) in [6.07, 6.45) is 6.32. The molecule has 1 rings (SSSR count). The van der Waals surface area contributed by atoms with Crippen LogP contribution in [0.4, 0.5) is 0 Å². The fourth-order valence-corrected chi connectivity index (χ4v) is 2.24. The van der Waals surface area contributed by atoms with Crippen LogP contribution in [0.5, 0.6) is 0 Å². The Morgan fingerprint density at radius 2 is 1.76 bits per heavy atom. The summed E-state index contributed by atoms with van der Waals surface area (Å²) in [7, 11) is 0. The fraction of sp³-hybridized carbons (Fsp3) is 0.643. The summed E-state index contributed by atoms with van der Waals surface area (Å²) in [5.41, 5.74) is 9.54. The van der Waals surface area contributed by atoms with Crippen molar-refractivity contribution in [3.05, 3.63) is 22.5 Å². The molecule has 96 valence electrons. The first-order chi connectivity index (χ1) is 8.11. The summed E-state index contributed by atoms with van der Waals surface area (Å²) in [5.74, 6) is -0.286. The van der Waals surface area contributed by atoms with Crippen LogP contribution in [-0.2, 0) is 12.8 Å². The molecule has 0 spiro atoms. The van der Waals surface area contributed by atoms with E-state index in [4.69, 9.17) is 5.73 Å². The van der Waals surface area contributed by atoms with Crippen LogP contribution in [0, 0.1) is 6.92 Å². The van der Waals surface area contributed by atoms with Crippen molar-refractivity contribution in [3.8, 4) is 0 Å². The zero-order valence-electron chi connectivity index (χ0n) is 11.2. The summed E-state index contributed by atoms with van der Waals surface area (Å²) in [4.78, 5) is 14.9. The van der Waals surface area contributed by atoms with E-state index in [0.717, 1.165) is 61.0 Å². The standard InChI is InChI=1S/C14H24N2O/c1-4-6-8-11-10(3)16-12(9-7-5-2)13(11)14(15)17/h16H,4-9H2,1-3H3,(H2,15,17). The third-order valence-electron chi connectivity index (χ3n) is 3.20. The van der Waals surface area contributed by atoms with Crippen molar-refractivity contribution in [1.29, 1.82) is 0 Å². The van der Waals surface area contributed by atoms with Crippen LogP contribution in [0.25, 0.3) is 0 Å². The van der Waals surface area contributed by atoms with E-state index in [9.17, 15) is 4.79 Å². The molecule has 1 heterocycles. The number of carbonyl (C=O) groups is 1. The third-order valence-corrected chi connectivity index (χ3v) is 3.20. The number of unbranched alkanes of at least 4 members (excludes halogenated alkanes) is 2. The van der Waals surface area contributed by atoms with Gasteiger partial charge in [0, 0.05) is 11.4 Å². The zero-order chi connectivity index (χ0) is 12.8. The molecule has 3 nitrogen and oxygen atoms in total. The number of rotatable bonds is 7. The summed E-state index contributed by atoms with van der Waals surface area (Å²) in [6.45, 7) is 6.34. The van der Waals surface area contributed by atoms with Gasteiger partial charge in [-0.15, -0.1) is 0 Å². The van der Waals surface area contributed by atoms with Gasteiger partial charge in [0.15, 0.2) is 0 Å². The molecule has 1 aromatic rings. The Morgan fingerprint density at radius 3 is 2.29 bits per heavy atom. The maximum absolute atomic E-state index is 11.6. The minimum absolute atomic E-state index is 0.286. The van der Waals surface area contributed by atoms with E-state index < -0.39 is 0 Å². The third kappa shape index (κ3) is 3.35. The Bertz CT molecular complexity index is 380. The average Bonchev–Trinajstić information content (AvgIpc) is 2.60. The van der Waals surface area contributed by atoms with Crippen molar-refractivity contribution < 1.29 is 4.79 Å². The van der Waals surface area contributed by atoms with Gasteiger partial charge in [0.25, 0.3) is 5.91 Å². The Hall–Kier alpha value is -1.25. The van der Waals surface area contributed by atoms with E-state index in [-0.39, 0.29) is 5.91 Å². The van der Waals surface area contributed by atoms with E-state index in [0.29, 0.717) is 0 Å². The topological polar surface area (TPSA) is 58.9 Å². The number of nitrogens with two attached hydrogens (primary N) is 1. The molecule has 0 aliphatic heterocycles. The average molecular weight is 236 g/mol. The van der Waals surface area contributed by atoms with Gasteiger partial charge >= 0.3 is 0 Å². The summed E-state index contributed by atoms with van der Waals surface area (Å²) in [6, 6.07) is 0. The number of amides is 1. The summed E-state index contributed by atoms with van der Waals surface area (Å²) < 4.78 is 0. The van der Waals surface area contributed by atoms with Gasteiger partial charge in [0.05, 0.1) is 5.56 Å². The van der Waals surface area contributed by atoms with Crippen LogP contribution >= 0.6 is 0 Å². The first-order valence-corrected chi connectivity index (χ1v) is 6.61. The lowest BCUT2D eigenvalue weighted by Crippen LogP contribution is -2.15. The Kier molecular flexibility index (Phi) is 5.26. The molecule has 1 amide bonds. The highest BCUT2D eigenvalue weighted by Gasteiger charge is 2.18. The molecule has 0 aromatic carbocycles. The van der Waals surface area contributed by atoms with Crippen LogP contribution in [0.1, 0.15) is 66.8 Å². The molecule has 0 fully saturated rings. The molecule has 3 N–H and O–H groups in total. The first kappa shape index (κ1) is 13.8. The van der Waals surface area contributed by atoms with Crippen molar-refractivity contribution >= 4 is 5.91 Å². The highest BCUT2D eigenvalue weighted by atomic mass is 16.1. The molecule has 1 aromatic heterocycles. The molecule has 0 unspecified atom stereocenters. The van der Waals surface area contributed by atoms with Gasteiger partial charge in [0.2, 0.25) is 0 Å². The highest BCUT2D eigenvalue weighted by Crippen LogP contribution is 2.22. The lowest BCUT2D eigenvalue weighted by molar-refractivity contribution is 0.0998.